The predicted octanol–water partition coefficient (Wildman–Crippen LogP) is 2.46. The summed E-state index contributed by atoms with van der Waals surface area (Å²) in [6, 6.07) is 8.03. The summed E-state index contributed by atoms with van der Waals surface area (Å²) in [7, 11) is 2.10. The van der Waals surface area contributed by atoms with Gasteiger partial charge in [0.05, 0.1) is 5.69 Å². The molecule has 3 heterocycles. The zero-order valence-electron chi connectivity index (χ0n) is 16.7. The molecule has 1 aromatic carbocycles. The summed E-state index contributed by atoms with van der Waals surface area (Å²) >= 11 is 1.51. The van der Waals surface area contributed by atoms with E-state index in [1.165, 1.54) is 29.8 Å². The van der Waals surface area contributed by atoms with Gasteiger partial charge in [-0.05, 0) is 31.3 Å². The number of carbonyl (C=O) groups excluding carboxylic acids is 1. The summed E-state index contributed by atoms with van der Waals surface area (Å²) in [5.74, 6) is 0.298. The molecule has 1 saturated heterocycles. The molecule has 4 rings (SSSR count). The molecule has 0 unspecified atom stereocenters. The van der Waals surface area contributed by atoms with Crippen molar-refractivity contribution < 1.29 is 9.18 Å². The van der Waals surface area contributed by atoms with Crippen LogP contribution in [0.1, 0.15) is 16.2 Å². The topological polar surface area (TPSA) is 74.2 Å². The Kier molecular flexibility index (Phi) is 6.29. The number of likely N-dealkylation sites (N-methyl/N-ethyl adjacent to an activating group) is 1. The Bertz CT molecular complexity index is 1000. The first-order chi connectivity index (χ1) is 14.6. The minimum Gasteiger partial charge on any atom is -0.354 e. The van der Waals surface area contributed by atoms with Gasteiger partial charge in [0.2, 0.25) is 0 Å². The Balaban J connectivity index is 1.31. The molecule has 2 aromatic heterocycles. The summed E-state index contributed by atoms with van der Waals surface area (Å²) < 4.78 is 13.1. The summed E-state index contributed by atoms with van der Waals surface area (Å²) in [6.45, 7) is 4.17. The summed E-state index contributed by atoms with van der Waals surface area (Å²) in [6.07, 6.45) is 2.05. The molecule has 0 saturated carbocycles. The van der Waals surface area contributed by atoms with Crippen LogP contribution >= 0.6 is 11.3 Å². The molecule has 30 heavy (non-hydrogen) atoms. The molecule has 0 radical (unpaired) electrons. The average molecular weight is 427 g/mol. The van der Waals surface area contributed by atoms with Gasteiger partial charge in [0, 0.05) is 56.2 Å². The number of anilines is 1. The molecule has 0 bridgehead atoms. The van der Waals surface area contributed by atoms with Crippen LogP contribution < -0.4 is 10.2 Å². The second-order valence-electron chi connectivity index (χ2n) is 7.21. The van der Waals surface area contributed by atoms with E-state index < -0.39 is 0 Å². The largest absolute Gasteiger partial charge is 0.354 e. The number of piperazine rings is 1. The van der Waals surface area contributed by atoms with Crippen LogP contribution in [0.15, 0.2) is 42.0 Å². The maximum atomic E-state index is 13.1. The highest BCUT2D eigenvalue weighted by Gasteiger charge is 2.17. The first-order valence-electron chi connectivity index (χ1n) is 9.82. The number of amides is 1. The minimum atomic E-state index is -0.265. The van der Waals surface area contributed by atoms with Gasteiger partial charge < -0.3 is 15.1 Å². The van der Waals surface area contributed by atoms with Crippen molar-refractivity contribution in [1.29, 1.82) is 0 Å². The van der Waals surface area contributed by atoms with Crippen LogP contribution in [-0.2, 0) is 6.42 Å². The fourth-order valence-electron chi connectivity index (χ4n) is 3.22. The number of rotatable bonds is 6. The van der Waals surface area contributed by atoms with E-state index in [1.54, 1.807) is 18.2 Å². The van der Waals surface area contributed by atoms with Crippen LogP contribution in [0.4, 0.5) is 10.2 Å². The SMILES string of the molecule is CN1CCN(c2cc(C(=O)NCCc3csc(-c4ccc(F)cc4)n3)ncn2)CC1. The molecule has 156 valence electrons. The van der Waals surface area contributed by atoms with Crippen molar-refractivity contribution in [3.05, 3.63) is 59.2 Å². The lowest BCUT2D eigenvalue weighted by Gasteiger charge is -2.33. The van der Waals surface area contributed by atoms with Gasteiger partial charge in [0.1, 0.15) is 28.7 Å². The molecule has 1 amide bonds. The van der Waals surface area contributed by atoms with Crippen molar-refractivity contribution in [3.63, 3.8) is 0 Å². The van der Waals surface area contributed by atoms with Crippen LogP contribution in [0, 0.1) is 5.82 Å². The molecular formula is C21H23FN6OS. The molecular weight excluding hydrogens is 403 g/mol. The maximum absolute atomic E-state index is 13.1. The Labute approximate surface area is 178 Å². The molecule has 1 aliphatic heterocycles. The van der Waals surface area contributed by atoms with E-state index in [1.807, 2.05) is 5.38 Å². The Morgan fingerprint density at radius 2 is 1.93 bits per heavy atom. The molecule has 0 spiro atoms. The zero-order valence-corrected chi connectivity index (χ0v) is 17.5. The van der Waals surface area contributed by atoms with Crippen molar-refractivity contribution in [2.24, 2.45) is 0 Å². The maximum Gasteiger partial charge on any atom is 0.270 e. The minimum absolute atomic E-state index is 0.221. The molecule has 0 aliphatic carbocycles. The third-order valence-electron chi connectivity index (χ3n) is 5.02. The van der Waals surface area contributed by atoms with Gasteiger partial charge in [-0.3, -0.25) is 4.79 Å². The second-order valence-corrected chi connectivity index (χ2v) is 8.07. The van der Waals surface area contributed by atoms with E-state index in [2.05, 4.69) is 37.1 Å². The highest BCUT2D eigenvalue weighted by molar-refractivity contribution is 7.13. The van der Waals surface area contributed by atoms with Gasteiger partial charge in [0.15, 0.2) is 0 Å². The quantitative estimate of drug-likeness (QED) is 0.653. The number of aromatic nitrogens is 3. The standard InChI is InChI=1S/C21H23FN6OS/c1-27-8-10-28(11-9-27)19-12-18(24-14-25-19)20(29)23-7-6-17-13-30-21(26-17)15-2-4-16(22)5-3-15/h2-5,12-14H,6-11H2,1H3,(H,23,29). The van der Waals surface area contributed by atoms with Gasteiger partial charge in [-0.1, -0.05) is 0 Å². The van der Waals surface area contributed by atoms with Crippen LogP contribution in [0.2, 0.25) is 0 Å². The van der Waals surface area contributed by atoms with E-state index in [0.29, 0.717) is 18.7 Å². The molecule has 7 nitrogen and oxygen atoms in total. The molecule has 9 heteroatoms. The molecule has 1 aliphatic rings. The molecule has 1 N–H and O–H groups in total. The lowest BCUT2D eigenvalue weighted by molar-refractivity contribution is 0.0949. The normalized spacial score (nSPS) is 14.7. The van der Waals surface area contributed by atoms with Gasteiger partial charge in [-0.15, -0.1) is 11.3 Å². The molecule has 0 atom stereocenters. The summed E-state index contributed by atoms with van der Waals surface area (Å²) in [4.78, 5) is 29.9. The lowest BCUT2D eigenvalue weighted by atomic mass is 10.2. The smallest absolute Gasteiger partial charge is 0.270 e. The fourth-order valence-corrected chi connectivity index (χ4v) is 4.08. The van der Waals surface area contributed by atoms with Crippen molar-refractivity contribution >= 4 is 23.1 Å². The number of carbonyl (C=O) groups is 1. The van der Waals surface area contributed by atoms with E-state index in [9.17, 15) is 9.18 Å². The molecule has 1 fully saturated rings. The second kappa shape index (κ2) is 9.27. The third kappa shape index (κ3) is 4.98. The van der Waals surface area contributed by atoms with Gasteiger partial charge in [0.25, 0.3) is 5.91 Å². The third-order valence-corrected chi connectivity index (χ3v) is 5.96. The fraction of sp³-hybridized carbons (Fsp3) is 0.333. The Morgan fingerprint density at radius 1 is 1.17 bits per heavy atom. The number of nitrogens with one attached hydrogen (secondary N) is 1. The number of hydrogen-bond acceptors (Lipinski definition) is 7. The van der Waals surface area contributed by atoms with Crippen molar-refractivity contribution in [2.45, 2.75) is 6.42 Å². The van der Waals surface area contributed by atoms with Crippen LogP contribution in [0.25, 0.3) is 10.6 Å². The summed E-state index contributed by atoms with van der Waals surface area (Å²) in [5, 5.41) is 5.70. The lowest BCUT2D eigenvalue weighted by Crippen LogP contribution is -2.45. The van der Waals surface area contributed by atoms with Crippen molar-refractivity contribution in [2.75, 3.05) is 44.7 Å². The predicted molar refractivity (Wildman–Crippen MR) is 115 cm³/mol. The number of hydrogen-bond donors (Lipinski definition) is 1. The zero-order chi connectivity index (χ0) is 20.9. The number of nitrogens with zero attached hydrogens (tertiary/aromatic N) is 5. The molecule has 3 aromatic rings. The van der Waals surface area contributed by atoms with E-state index in [-0.39, 0.29) is 11.7 Å². The van der Waals surface area contributed by atoms with E-state index in [4.69, 9.17) is 0 Å². The monoisotopic (exact) mass is 426 g/mol. The highest BCUT2D eigenvalue weighted by Crippen LogP contribution is 2.24. The first kappa shape index (κ1) is 20.4. The number of halogens is 1. The van der Waals surface area contributed by atoms with Crippen LogP contribution in [0.3, 0.4) is 0 Å². The van der Waals surface area contributed by atoms with E-state index in [0.717, 1.165) is 48.3 Å². The van der Waals surface area contributed by atoms with E-state index >= 15 is 0 Å². The summed E-state index contributed by atoms with van der Waals surface area (Å²) in [5.41, 5.74) is 2.14. The number of benzene rings is 1. The van der Waals surface area contributed by atoms with Crippen LogP contribution in [-0.4, -0.2) is 65.5 Å². The van der Waals surface area contributed by atoms with Gasteiger partial charge >= 0.3 is 0 Å². The van der Waals surface area contributed by atoms with Crippen LogP contribution in [0.5, 0.6) is 0 Å². The van der Waals surface area contributed by atoms with Crippen molar-refractivity contribution in [1.82, 2.24) is 25.2 Å². The Morgan fingerprint density at radius 3 is 2.70 bits per heavy atom. The van der Waals surface area contributed by atoms with Gasteiger partial charge in [-0.25, -0.2) is 19.3 Å². The van der Waals surface area contributed by atoms with Crippen molar-refractivity contribution in [3.8, 4) is 10.6 Å². The average Bonchev–Trinajstić information content (AvgIpc) is 3.24. The first-order valence-corrected chi connectivity index (χ1v) is 10.7. The number of thiazole rings is 1. The van der Waals surface area contributed by atoms with Gasteiger partial charge in [-0.2, -0.15) is 0 Å². The Hall–Kier alpha value is -2.91. The highest BCUT2D eigenvalue weighted by atomic mass is 32.1.